The number of carbonyl (C=O) groups excluding carboxylic acids is 1. The molecule has 0 saturated carbocycles. The van der Waals surface area contributed by atoms with Crippen molar-refractivity contribution in [3.63, 3.8) is 0 Å². The summed E-state index contributed by atoms with van der Waals surface area (Å²) in [5.74, 6) is 0.326. The van der Waals surface area contributed by atoms with Gasteiger partial charge in [0, 0.05) is 47.0 Å². The average molecular weight is 469 g/mol. The first-order chi connectivity index (χ1) is 16.6. The maximum Gasteiger partial charge on any atom is 0.230 e. The molecule has 0 atom stereocenters. The summed E-state index contributed by atoms with van der Waals surface area (Å²) in [6.07, 6.45) is 7.40. The van der Waals surface area contributed by atoms with Gasteiger partial charge in [0.2, 0.25) is 5.91 Å². The Morgan fingerprint density at radius 2 is 1.76 bits per heavy atom. The van der Waals surface area contributed by atoms with Gasteiger partial charge in [-0.1, -0.05) is 48.0 Å². The highest BCUT2D eigenvalue weighted by molar-refractivity contribution is 6.30. The minimum absolute atomic E-state index is 0.153. The maximum absolute atomic E-state index is 12.9. The smallest absolute Gasteiger partial charge is 0.230 e. The Bertz CT molecular complexity index is 1390. The summed E-state index contributed by atoms with van der Waals surface area (Å²) in [7, 11) is 0. The van der Waals surface area contributed by atoms with E-state index in [1.165, 1.54) is 0 Å². The lowest BCUT2D eigenvalue weighted by Gasteiger charge is -2.04. The Kier molecular flexibility index (Phi) is 6.18. The molecule has 0 saturated heterocycles. The normalized spacial score (nSPS) is 10.9. The van der Waals surface area contributed by atoms with Crippen molar-refractivity contribution in [1.82, 2.24) is 24.5 Å². The van der Waals surface area contributed by atoms with Gasteiger partial charge in [-0.2, -0.15) is 10.2 Å². The molecule has 0 fully saturated rings. The Labute approximate surface area is 201 Å². The molecule has 5 aromatic rings. The number of halogens is 1. The lowest BCUT2D eigenvalue weighted by atomic mass is 10.1. The molecule has 0 aliphatic heterocycles. The van der Waals surface area contributed by atoms with Crippen LogP contribution in [0.4, 0.5) is 5.82 Å². The van der Waals surface area contributed by atoms with Gasteiger partial charge in [0.05, 0.1) is 24.3 Å². The number of benzene rings is 2. The molecule has 0 aliphatic rings. The molecule has 3 heterocycles. The summed E-state index contributed by atoms with van der Waals surface area (Å²) in [5.41, 5.74) is 4.38. The third-order valence-electron chi connectivity index (χ3n) is 5.25. The zero-order valence-corrected chi connectivity index (χ0v) is 18.9. The molecule has 168 valence electrons. The molecule has 0 bridgehead atoms. The van der Waals surface area contributed by atoms with Crippen molar-refractivity contribution in [3.05, 3.63) is 114 Å². The van der Waals surface area contributed by atoms with E-state index in [9.17, 15) is 4.79 Å². The average Bonchev–Trinajstić information content (AvgIpc) is 3.47. The number of pyridine rings is 1. The van der Waals surface area contributed by atoms with Gasteiger partial charge in [0.15, 0.2) is 5.82 Å². The molecule has 0 spiro atoms. The summed E-state index contributed by atoms with van der Waals surface area (Å²) in [5, 5.41) is 12.7. The van der Waals surface area contributed by atoms with E-state index >= 15 is 0 Å². The first-order valence-electron chi connectivity index (χ1n) is 10.8. The molecule has 8 heteroatoms. The summed E-state index contributed by atoms with van der Waals surface area (Å²) >= 11 is 6.07. The number of para-hydroxylation sites is 1. The highest BCUT2D eigenvalue weighted by atomic mass is 35.5. The molecule has 5 rings (SSSR count). The molecule has 0 aliphatic carbocycles. The second-order valence-corrected chi connectivity index (χ2v) is 8.21. The van der Waals surface area contributed by atoms with Crippen LogP contribution >= 0.6 is 11.6 Å². The molecule has 34 heavy (non-hydrogen) atoms. The van der Waals surface area contributed by atoms with Crippen LogP contribution in [0.2, 0.25) is 5.02 Å². The molecule has 1 N–H and O–H groups in total. The van der Waals surface area contributed by atoms with E-state index < -0.39 is 0 Å². The van der Waals surface area contributed by atoms with Crippen LogP contribution in [0.5, 0.6) is 0 Å². The zero-order valence-electron chi connectivity index (χ0n) is 18.2. The van der Waals surface area contributed by atoms with Crippen LogP contribution in [-0.4, -0.2) is 30.5 Å². The fourth-order valence-electron chi connectivity index (χ4n) is 3.66. The summed E-state index contributed by atoms with van der Waals surface area (Å²) in [6, 6.07) is 22.9. The standard InChI is InChI=1S/C26H21ClN6O/c27-22-10-8-20(9-11-22)26-21(18-33(31-26)23-6-2-1-3-7-23)15-25(34)29-24-12-14-32(30-24)17-19-5-4-13-28-16-19/h1-14,16,18H,15,17H2,(H,29,30,34). The monoisotopic (exact) mass is 468 g/mol. The number of anilines is 1. The largest absolute Gasteiger partial charge is 0.309 e. The van der Waals surface area contributed by atoms with E-state index in [0.29, 0.717) is 17.4 Å². The first kappa shape index (κ1) is 21.6. The van der Waals surface area contributed by atoms with Gasteiger partial charge in [-0.15, -0.1) is 0 Å². The number of hydrogen-bond acceptors (Lipinski definition) is 4. The van der Waals surface area contributed by atoms with Crippen LogP contribution in [0.3, 0.4) is 0 Å². The zero-order chi connectivity index (χ0) is 23.3. The minimum Gasteiger partial charge on any atom is -0.309 e. The molecule has 0 unspecified atom stereocenters. The second-order valence-electron chi connectivity index (χ2n) is 7.77. The molecule has 1 amide bonds. The highest BCUT2D eigenvalue weighted by Gasteiger charge is 2.16. The lowest BCUT2D eigenvalue weighted by Crippen LogP contribution is -2.15. The number of rotatable bonds is 7. The molecule has 0 radical (unpaired) electrons. The molecule has 7 nitrogen and oxygen atoms in total. The van der Waals surface area contributed by atoms with Crippen molar-refractivity contribution in [2.75, 3.05) is 5.32 Å². The number of amides is 1. The van der Waals surface area contributed by atoms with Crippen molar-refractivity contribution in [3.8, 4) is 16.9 Å². The van der Waals surface area contributed by atoms with Crippen LogP contribution in [0.15, 0.2) is 97.6 Å². The quantitative estimate of drug-likeness (QED) is 0.364. The van der Waals surface area contributed by atoms with E-state index in [0.717, 1.165) is 28.1 Å². The summed E-state index contributed by atoms with van der Waals surface area (Å²) in [6.45, 7) is 0.578. The van der Waals surface area contributed by atoms with Gasteiger partial charge in [-0.25, -0.2) is 4.68 Å². The topological polar surface area (TPSA) is 77.6 Å². The SMILES string of the molecule is O=C(Cc1cn(-c2ccccc2)nc1-c1ccc(Cl)cc1)Nc1ccn(Cc2cccnc2)n1. The van der Waals surface area contributed by atoms with E-state index in [1.807, 2.05) is 79.1 Å². The minimum atomic E-state index is -0.172. The van der Waals surface area contributed by atoms with E-state index in [4.69, 9.17) is 16.7 Å². The van der Waals surface area contributed by atoms with Crippen LogP contribution in [0.25, 0.3) is 16.9 Å². The fourth-order valence-corrected chi connectivity index (χ4v) is 3.78. The van der Waals surface area contributed by atoms with E-state index in [2.05, 4.69) is 15.4 Å². The molecule has 3 aromatic heterocycles. The maximum atomic E-state index is 12.9. The van der Waals surface area contributed by atoms with Gasteiger partial charge >= 0.3 is 0 Å². The van der Waals surface area contributed by atoms with Crippen molar-refractivity contribution in [2.45, 2.75) is 13.0 Å². The van der Waals surface area contributed by atoms with Gasteiger partial charge in [0.1, 0.15) is 0 Å². The second kappa shape index (κ2) is 9.72. The van der Waals surface area contributed by atoms with Crippen LogP contribution < -0.4 is 5.32 Å². The van der Waals surface area contributed by atoms with Crippen molar-refractivity contribution in [2.24, 2.45) is 0 Å². The third-order valence-corrected chi connectivity index (χ3v) is 5.51. The van der Waals surface area contributed by atoms with Gasteiger partial charge < -0.3 is 5.32 Å². The van der Waals surface area contributed by atoms with Gasteiger partial charge in [-0.3, -0.25) is 14.5 Å². The first-order valence-corrected chi connectivity index (χ1v) is 11.1. The number of nitrogens with one attached hydrogen (secondary N) is 1. The van der Waals surface area contributed by atoms with E-state index in [1.54, 1.807) is 27.8 Å². The van der Waals surface area contributed by atoms with Crippen molar-refractivity contribution in [1.29, 1.82) is 0 Å². The third kappa shape index (κ3) is 5.05. The lowest BCUT2D eigenvalue weighted by molar-refractivity contribution is -0.115. The van der Waals surface area contributed by atoms with E-state index in [-0.39, 0.29) is 12.3 Å². The molecular formula is C26H21ClN6O. The summed E-state index contributed by atoms with van der Waals surface area (Å²) < 4.78 is 3.55. The number of nitrogens with zero attached hydrogens (tertiary/aromatic N) is 5. The Balaban J connectivity index is 1.35. The molecule has 2 aromatic carbocycles. The number of hydrogen-bond donors (Lipinski definition) is 1. The van der Waals surface area contributed by atoms with Gasteiger partial charge in [-0.05, 0) is 35.9 Å². The summed E-state index contributed by atoms with van der Waals surface area (Å²) in [4.78, 5) is 17.0. The van der Waals surface area contributed by atoms with Gasteiger partial charge in [0.25, 0.3) is 0 Å². The van der Waals surface area contributed by atoms with Crippen LogP contribution in [0.1, 0.15) is 11.1 Å². The predicted octanol–water partition coefficient (Wildman–Crippen LogP) is 5.01. The van der Waals surface area contributed by atoms with Crippen LogP contribution in [0, 0.1) is 0 Å². The van der Waals surface area contributed by atoms with Crippen molar-refractivity contribution >= 4 is 23.3 Å². The fraction of sp³-hybridized carbons (Fsp3) is 0.0769. The van der Waals surface area contributed by atoms with Crippen LogP contribution in [-0.2, 0) is 17.8 Å². The number of aromatic nitrogens is 5. The Hall–Kier alpha value is -4.23. The Morgan fingerprint density at radius 1 is 0.941 bits per heavy atom. The predicted molar refractivity (Wildman–Crippen MR) is 132 cm³/mol. The Morgan fingerprint density at radius 3 is 2.53 bits per heavy atom. The van der Waals surface area contributed by atoms with Crippen molar-refractivity contribution < 1.29 is 4.79 Å². The number of carbonyl (C=O) groups is 1. The highest BCUT2D eigenvalue weighted by Crippen LogP contribution is 2.26. The molecular weight excluding hydrogens is 448 g/mol.